The first-order valence-corrected chi connectivity index (χ1v) is 8.66. The summed E-state index contributed by atoms with van der Waals surface area (Å²) in [5.74, 6) is -0.572. The average Bonchev–Trinajstić information content (AvgIpc) is 2.89. The lowest BCUT2D eigenvalue weighted by Crippen LogP contribution is -2.37. The number of nitrogens with two attached hydrogens (primary N) is 1. The second kappa shape index (κ2) is 8.86. The van der Waals surface area contributed by atoms with E-state index in [1.54, 1.807) is 21.9 Å². The Morgan fingerprint density at radius 1 is 0.926 bits per heavy atom. The summed E-state index contributed by atoms with van der Waals surface area (Å²) in [4.78, 5) is 28.9. The number of carbonyl (C=O) groups excluding carboxylic acids is 2. The Morgan fingerprint density at radius 3 is 2.15 bits per heavy atom. The van der Waals surface area contributed by atoms with Gasteiger partial charge in [0.05, 0.1) is 0 Å². The molecule has 0 saturated carbocycles. The average molecular weight is 392 g/mol. The van der Waals surface area contributed by atoms with Gasteiger partial charge in [-0.2, -0.15) is 0 Å². The van der Waals surface area contributed by atoms with Crippen LogP contribution in [-0.4, -0.2) is 47.8 Å². The zero-order valence-corrected chi connectivity index (χ0v) is 16.0. The van der Waals surface area contributed by atoms with E-state index in [1.807, 2.05) is 13.0 Å². The fraction of sp³-hybridized carbons (Fsp3) is 0.300. The second-order valence-electron chi connectivity index (χ2n) is 6.52. The van der Waals surface area contributed by atoms with Gasteiger partial charge in [-0.15, -0.1) is 12.4 Å². The first kappa shape index (κ1) is 20.7. The summed E-state index contributed by atoms with van der Waals surface area (Å²) >= 11 is 0. The molecule has 3 rings (SSSR count). The number of anilines is 1. The summed E-state index contributed by atoms with van der Waals surface area (Å²) in [7, 11) is 0. The highest BCUT2D eigenvalue weighted by Crippen LogP contribution is 2.17. The van der Waals surface area contributed by atoms with Crippen LogP contribution in [0.15, 0.2) is 42.5 Å². The van der Waals surface area contributed by atoms with E-state index in [2.05, 4.69) is 0 Å². The van der Waals surface area contributed by atoms with Gasteiger partial charge >= 0.3 is 0 Å². The number of amides is 2. The molecule has 1 saturated heterocycles. The van der Waals surface area contributed by atoms with Crippen LogP contribution in [0.25, 0.3) is 0 Å². The largest absolute Gasteiger partial charge is 0.399 e. The maximum atomic E-state index is 13.0. The first-order chi connectivity index (χ1) is 12.5. The van der Waals surface area contributed by atoms with Crippen LogP contribution < -0.4 is 5.73 Å². The van der Waals surface area contributed by atoms with Crippen LogP contribution in [0.4, 0.5) is 10.1 Å². The molecule has 5 nitrogen and oxygen atoms in total. The molecule has 7 heteroatoms. The molecule has 1 aliphatic heterocycles. The van der Waals surface area contributed by atoms with Crippen LogP contribution >= 0.6 is 12.4 Å². The van der Waals surface area contributed by atoms with Gasteiger partial charge in [0, 0.05) is 43.0 Å². The highest BCUT2D eigenvalue weighted by Gasteiger charge is 2.24. The van der Waals surface area contributed by atoms with Gasteiger partial charge in [-0.25, -0.2) is 4.39 Å². The van der Waals surface area contributed by atoms with E-state index in [0.717, 1.165) is 5.56 Å². The normalized spacial score (nSPS) is 14.3. The number of aryl methyl sites for hydroxylation is 1. The van der Waals surface area contributed by atoms with Gasteiger partial charge in [-0.3, -0.25) is 9.59 Å². The third-order valence-corrected chi connectivity index (χ3v) is 4.65. The molecule has 0 atom stereocenters. The first-order valence-electron chi connectivity index (χ1n) is 8.66. The third kappa shape index (κ3) is 4.77. The van der Waals surface area contributed by atoms with Crippen LogP contribution in [0.3, 0.4) is 0 Å². The molecule has 0 spiro atoms. The molecule has 0 unspecified atom stereocenters. The lowest BCUT2D eigenvalue weighted by molar-refractivity contribution is 0.0718. The smallest absolute Gasteiger partial charge is 0.254 e. The van der Waals surface area contributed by atoms with Crippen LogP contribution in [-0.2, 0) is 0 Å². The van der Waals surface area contributed by atoms with Gasteiger partial charge in [-0.05, 0) is 55.3 Å². The van der Waals surface area contributed by atoms with E-state index in [9.17, 15) is 14.0 Å². The number of nitrogen functional groups attached to an aromatic ring is 1. The predicted molar refractivity (Wildman–Crippen MR) is 106 cm³/mol. The number of nitrogens with zero attached hydrogens (tertiary/aromatic N) is 2. The van der Waals surface area contributed by atoms with Crippen molar-refractivity contribution in [3.63, 3.8) is 0 Å². The van der Waals surface area contributed by atoms with Crippen LogP contribution in [0.5, 0.6) is 0 Å². The highest BCUT2D eigenvalue weighted by molar-refractivity contribution is 5.97. The van der Waals surface area contributed by atoms with Gasteiger partial charge in [0.1, 0.15) is 5.82 Å². The minimum Gasteiger partial charge on any atom is -0.399 e. The lowest BCUT2D eigenvalue weighted by atomic mass is 10.1. The van der Waals surface area contributed by atoms with Crippen molar-refractivity contribution in [2.75, 3.05) is 31.9 Å². The summed E-state index contributed by atoms with van der Waals surface area (Å²) in [6.07, 6.45) is 0.694. The van der Waals surface area contributed by atoms with E-state index in [0.29, 0.717) is 49.4 Å². The maximum Gasteiger partial charge on any atom is 0.254 e. The zero-order valence-electron chi connectivity index (χ0n) is 15.2. The molecule has 2 aromatic carbocycles. The van der Waals surface area contributed by atoms with E-state index < -0.39 is 0 Å². The molecular weight excluding hydrogens is 369 g/mol. The molecule has 1 aliphatic rings. The summed E-state index contributed by atoms with van der Waals surface area (Å²) in [5.41, 5.74) is 8.31. The van der Waals surface area contributed by atoms with E-state index >= 15 is 0 Å². The quantitative estimate of drug-likeness (QED) is 0.800. The number of carbonyl (C=O) groups is 2. The number of hydrogen-bond acceptors (Lipinski definition) is 3. The number of benzene rings is 2. The number of halogens is 2. The van der Waals surface area contributed by atoms with Crippen molar-refractivity contribution >= 4 is 29.9 Å². The Kier molecular flexibility index (Phi) is 6.80. The van der Waals surface area contributed by atoms with Gasteiger partial charge in [-0.1, -0.05) is 6.07 Å². The van der Waals surface area contributed by atoms with E-state index in [4.69, 9.17) is 5.73 Å². The van der Waals surface area contributed by atoms with Crippen LogP contribution in [0.1, 0.15) is 32.7 Å². The van der Waals surface area contributed by atoms with Gasteiger partial charge in [0.2, 0.25) is 0 Å². The number of rotatable bonds is 2. The molecule has 0 aromatic heterocycles. The monoisotopic (exact) mass is 391 g/mol. The minimum absolute atomic E-state index is 0. The molecule has 0 bridgehead atoms. The molecule has 27 heavy (non-hydrogen) atoms. The molecule has 0 aliphatic carbocycles. The van der Waals surface area contributed by atoms with Crippen molar-refractivity contribution in [3.8, 4) is 0 Å². The van der Waals surface area contributed by atoms with Crippen molar-refractivity contribution in [1.82, 2.24) is 9.80 Å². The van der Waals surface area contributed by atoms with Gasteiger partial charge in [0.25, 0.3) is 11.8 Å². The predicted octanol–water partition coefficient (Wildman–Crippen LogP) is 3.13. The molecule has 1 fully saturated rings. The van der Waals surface area contributed by atoms with E-state index in [-0.39, 0.29) is 30.0 Å². The summed E-state index contributed by atoms with van der Waals surface area (Å²) in [5, 5.41) is 0. The maximum absolute atomic E-state index is 13.0. The zero-order chi connectivity index (χ0) is 18.7. The molecule has 2 aromatic rings. The Labute approximate surface area is 164 Å². The standard InChI is InChI=1S/C20H22FN3O2.ClH/c1-14-3-8-17(22)13-18(14)20(26)24-10-2-9-23(11-12-24)19(25)15-4-6-16(21)7-5-15;/h3-8,13H,2,9-12,22H2,1H3;1H. The second-order valence-corrected chi connectivity index (χ2v) is 6.52. The van der Waals surface area contributed by atoms with E-state index in [1.165, 1.54) is 24.3 Å². The Balaban J connectivity index is 0.00000261. The van der Waals surface area contributed by atoms with Crippen LogP contribution in [0.2, 0.25) is 0 Å². The summed E-state index contributed by atoms with van der Waals surface area (Å²) in [6.45, 7) is 3.94. The molecule has 2 N–H and O–H groups in total. The Hall–Kier alpha value is -2.60. The fourth-order valence-corrected chi connectivity index (χ4v) is 3.14. The molecule has 0 radical (unpaired) electrons. The fourth-order valence-electron chi connectivity index (χ4n) is 3.14. The lowest BCUT2D eigenvalue weighted by Gasteiger charge is -2.23. The third-order valence-electron chi connectivity index (χ3n) is 4.65. The molecule has 2 amide bonds. The molecule has 1 heterocycles. The van der Waals surface area contributed by atoms with Crippen molar-refractivity contribution in [3.05, 3.63) is 65.0 Å². The number of hydrogen-bond donors (Lipinski definition) is 1. The van der Waals surface area contributed by atoms with Crippen molar-refractivity contribution in [2.24, 2.45) is 0 Å². The van der Waals surface area contributed by atoms with Gasteiger partial charge in [0.15, 0.2) is 0 Å². The Bertz CT molecular complexity index is 826. The van der Waals surface area contributed by atoms with Crippen molar-refractivity contribution in [1.29, 1.82) is 0 Å². The molecule has 144 valence electrons. The van der Waals surface area contributed by atoms with Crippen molar-refractivity contribution < 1.29 is 14.0 Å². The Morgan fingerprint density at radius 2 is 1.52 bits per heavy atom. The minimum atomic E-state index is -0.369. The van der Waals surface area contributed by atoms with Crippen LogP contribution in [0, 0.1) is 12.7 Å². The molecular formula is C20H23ClFN3O2. The van der Waals surface area contributed by atoms with Gasteiger partial charge < -0.3 is 15.5 Å². The topological polar surface area (TPSA) is 66.6 Å². The summed E-state index contributed by atoms with van der Waals surface area (Å²) in [6, 6.07) is 10.8. The highest BCUT2D eigenvalue weighted by atomic mass is 35.5. The van der Waals surface area contributed by atoms with Crippen molar-refractivity contribution in [2.45, 2.75) is 13.3 Å². The summed E-state index contributed by atoms with van der Waals surface area (Å²) < 4.78 is 13.0. The SMILES string of the molecule is Cc1ccc(N)cc1C(=O)N1CCCN(C(=O)c2ccc(F)cc2)CC1.Cl.